The highest BCUT2D eigenvalue weighted by molar-refractivity contribution is 4.82. The summed E-state index contributed by atoms with van der Waals surface area (Å²) in [5, 5.41) is 3.41. The van der Waals surface area contributed by atoms with Gasteiger partial charge in [-0.05, 0) is 31.2 Å². The fraction of sp³-hybridized carbons (Fsp3) is 1.00. The molecule has 0 spiro atoms. The Bertz CT molecular complexity index is 145. The standard InChI is InChI=1S/C11H23NO/c1-11(2,3)10(12-4)7-9-5-6-13-8-9/h9-10,12H,5-8H2,1-4H3. The Morgan fingerprint density at radius 3 is 2.54 bits per heavy atom. The van der Waals surface area contributed by atoms with Crippen LogP contribution in [0.1, 0.15) is 33.6 Å². The van der Waals surface area contributed by atoms with Crippen LogP contribution in [-0.2, 0) is 4.74 Å². The van der Waals surface area contributed by atoms with Crippen LogP contribution in [0.2, 0.25) is 0 Å². The number of hydrogen-bond acceptors (Lipinski definition) is 2. The van der Waals surface area contributed by atoms with Crippen molar-refractivity contribution in [2.45, 2.75) is 39.7 Å². The zero-order valence-electron chi connectivity index (χ0n) is 9.39. The van der Waals surface area contributed by atoms with Gasteiger partial charge in [-0.1, -0.05) is 20.8 Å². The van der Waals surface area contributed by atoms with Gasteiger partial charge in [-0.3, -0.25) is 0 Å². The third kappa shape index (κ3) is 3.28. The molecule has 0 aromatic rings. The van der Waals surface area contributed by atoms with E-state index >= 15 is 0 Å². The molecule has 0 radical (unpaired) electrons. The van der Waals surface area contributed by atoms with Crippen LogP contribution in [0.4, 0.5) is 0 Å². The van der Waals surface area contributed by atoms with Crippen molar-refractivity contribution in [3.63, 3.8) is 0 Å². The normalized spacial score (nSPS) is 26.3. The van der Waals surface area contributed by atoms with Gasteiger partial charge in [-0.25, -0.2) is 0 Å². The lowest BCUT2D eigenvalue weighted by Gasteiger charge is -2.32. The van der Waals surface area contributed by atoms with Gasteiger partial charge < -0.3 is 10.1 Å². The molecule has 2 nitrogen and oxygen atoms in total. The van der Waals surface area contributed by atoms with E-state index in [-0.39, 0.29) is 0 Å². The fourth-order valence-electron chi connectivity index (χ4n) is 2.01. The van der Waals surface area contributed by atoms with Crippen molar-refractivity contribution in [1.82, 2.24) is 5.32 Å². The maximum absolute atomic E-state index is 5.39. The Kier molecular flexibility index (Phi) is 3.74. The minimum atomic E-state index is 0.358. The van der Waals surface area contributed by atoms with E-state index in [2.05, 4.69) is 33.1 Å². The molecule has 13 heavy (non-hydrogen) atoms. The van der Waals surface area contributed by atoms with Gasteiger partial charge in [0.2, 0.25) is 0 Å². The summed E-state index contributed by atoms with van der Waals surface area (Å²) in [7, 11) is 2.06. The third-order valence-corrected chi connectivity index (χ3v) is 2.99. The average Bonchev–Trinajstić information content (AvgIpc) is 2.49. The highest BCUT2D eigenvalue weighted by atomic mass is 16.5. The molecule has 1 saturated heterocycles. The van der Waals surface area contributed by atoms with Gasteiger partial charge >= 0.3 is 0 Å². The van der Waals surface area contributed by atoms with Crippen LogP contribution in [0.3, 0.4) is 0 Å². The van der Waals surface area contributed by atoms with Crippen molar-refractivity contribution in [1.29, 1.82) is 0 Å². The van der Waals surface area contributed by atoms with Crippen molar-refractivity contribution in [2.24, 2.45) is 11.3 Å². The second-order valence-electron chi connectivity index (χ2n) is 5.17. The first kappa shape index (κ1) is 11.0. The molecule has 0 aromatic heterocycles. The largest absolute Gasteiger partial charge is 0.381 e. The van der Waals surface area contributed by atoms with E-state index in [1.165, 1.54) is 12.8 Å². The topological polar surface area (TPSA) is 21.3 Å². The fourth-order valence-corrected chi connectivity index (χ4v) is 2.01. The molecule has 0 aromatic carbocycles. The molecular formula is C11H23NO. The van der Waals surface area contributed by atoms with Crippen LogP contribution in [0.15, 0.2) is 0 Å². The number of hydrogen-bond donors (Lipinski definition) is 1. The van der Waals surface area contributed by atoms with E-state index in [0.717, 1.165) is 19.1 Å². The van der Waals surface area contributed by atoms with Crippen LogP contribution in [0.25, 0.3) is 0 Å². The van der Waals surface area contributed by atoms with Crippen LogP contribution >= 0.6 is 0 Å². The molecule has 1 rings (SSSR count). The summed E-state index contributed by atoms with van der Waals surface area (Å²) in [6.07, 6.45) is 2.49. The summed E-state index contributed by atoms with van der Waals surface area (Å²) in [6.45, 7) is 8.82. The zero-order valence-corrected chi connectivity index (χ0v) is 9.39. The minimum absolute atomic E-state index is 0.358. The smallest absolute Gasteiger partial charge is 0.0495 e. The van der Waals surface area contributed by atoms with Gasteiger partial charge in [0.05, 0.1) is 0 Å². The molecule has 2 unspecified atom stereocenters. The summed E-state index contributed by atoms with van der Waals surface area (Å²) in [6, 6.07) is 0.610. The Hall–Kier alpha value is -0.0800. The highest BCUT2D eigenvalue weighted by Crippen LogP contribution is 2.27. The highest BCUT2D eigenvalue weighted by Gasteiger charge is 2.27. The molecule has 1 aliphatic rings. The lowest BCUT2D eigenvalue weighted by atomic mass is 9.81. The van der Waals surface area contributed by atoms with E-state index in [1.807, 2.05) is 0 Å². The van der Waals surface area contributed by atoms with Crippen molar-refractivity contribution in [3.05, 3.63) is 0 Å². The molecule has 0 saturated carbocycles. The first-order valence-electron chi connectivity index (χ1n) is 5.29. The van der Waals surface area contributed by atoms with E-state index in [4.69, 9.17) is 4.74 Å². The SMILES string of the molecule is CNC(CC1CCOC1)C(C)(C)C. The Morgan fingerprint density at radius 2 is 2.15 bits per heavy atom. The lowest BCUT2D eigenvalue weighted by Crippen LogP contribution is -2.39. The molecule has 1 aliphatic heterocycles. The second kappa shape index (κ2) is 4.43. The molecule has 0 bridgehead atoms. The molecule has 2 heteroatoms. The van der Waals surface area contributed by atoms with Crippen molar-refractivity contribution >= 4 is 0 Å². The summed E-state index contributed by atoms with van der Waals surface area (Å²) in [4.78, 5) is 0. The molecule has 1 fully saturated rings. The predicted octanol–water partition coefficient (Wildman–Crippen LogP) is 2.05. The number of rotatable bonds is 3. The monoisotopic (exact) mass is 185 g/mol. The zero-order chi connectivity index (χ0) is 9.90. The quantitative estimate of drug-likeness (QED) is 0.726. The summed E-state index contributed by atoms with van der Waals surface area (Å²) >= 11 is 0. The molecule has 78 valence electrons. The molecular weight excluding hydrogens is 162 g/mol. The van der Waals surface area contributed by atoms with Crippen LogP contribution < -0.4 is 5.32 Å². The number of nitrogens with one attached hydrogen (secondary N) is 1. The Labute approximate surface area is 82.0 Å². The van der Waals surface area contributed by atoms with E-state index in [9.17, 15) is 0 Å². The predicted molar refractivity (Wildman–Crippen MR) is 55.8 cm³/mol. The van der Waals surface area contributed by atoms with Gasteiger partial charge in [0.15, 0.2) is 0 Å². The Balaban J connectivity index is 2.39. The van der Waals surface area contributed by atoms with Crippen molar-refractivity contribution in [3.8, 4) is 0 Å². The Morgan fingerprint density at radius 1 is 1.46 bits per heavy atom. The maximum atomic E-state index is 5.39. The van der Waals surface area contributed by atoms with Gasteiger partial charge in [0.1, 0.15) is 0 Å². The maximum Gasteiger partial charge on any atom is 0.0495 e. The van der Waals surface area contributed by atoms with E-state index in [1.54, 1.807) is 0 Å². The summed E-state index contributed by atoms with van der Waals surface area (Å²) < 4.78 is 5.39. The summed E-state index contributed by atoms with van der Waals surface area (Å²) in [5.41, 5.74) is 0.358. The lowest BCUT2D eigenvalue weighted by molar-refractivity contribution is 0.171. The van der Waals surface area contributed by atoms with Gasteiger partial charge in [-0.15, -0.1) is 0 Å². The van der Waals surface area contributed by atoms with Crippen LogP contribution in [-0.4, -0.2) is 26.3 Å². The minimum Gasteiger partial charge on any atom is -0.381 e. The summed E-state index contributed by atoms with van der Waals surface area (Å²) in [5.74, 6) is 0.775. The molecule has 1 heterocycles. The van der Waals surface area contributed by atoms with Crippen molar-refractivity contribution in [2.75, 3.05) is 20.3 Å². The molecule has 0 aliphatic carbocycles. The average molecular weight is 185 g/mol. The second-order valence-corrected chi connectivity index (χ2v) is 5.17. The van der Waals surface area contributed by atoms with Gasteiger partial charge in [-0.2, -0.15) is 0 Å². The molecule has 1 N–H and O–H groups in total. The van der Waals surface area contributed by atoms with E-state index < -0.39 is 0 Å². The molecule has 2 atom stereocenters. The first-order valence-corrected chi connectivity index (χ1v) is 5.29. The first-order chi connectivity index (χ1) is 6.04. The van der Waals surface area contributed by atoms with Crippen LogP contribution in [0.5, 0.6) is 0 Å². The van der Waals surface area contributed by atoms with Crippen LogP contribution in [0, 0.1) is 11.3 Å². The third-order valence-electron chi connectivity index (χ3n) is 2.99. The van der Waals surface area contributed by atoms with Gasteiger partial charge in [0.25, 0.3) is 0 Å². The molecule has 0 amide bonds. The van der Waals surface area contributed by atoms with E-state index in [0.29, 0.717) is 11.5 Å². The van der Waals surface area contributed by atoms with Gasteiger partial charge in [0, 0.05) is 19.3 Å². The number of ether oxygens (including phenoxy) is 1. The van der Waals surface area contributed by atoms with Crippen molar-refractivity contribution < 1.29 is 4.74 Å².